The quantitative estimate of drug-likeness (QED) is 0.416. The highest BCUT2D eigenvalue weighted by Gasteiger charge is 2.30. The average molecular weight is 313 g/mol. The predicted octanol–water partition coefficient (Wildman–Crippen LogP) is 0.233. The van der Waals surface area contributed by atoms with Crippen LogP contribution in [0.25, 0.3) is 11.0 Å². The third kappa shape index (κ3) is 2.32. The lowest BCUT2D eigenvalue weighted by Crippen LogP contribution is -2.29. The molecule has 21 heavy (non-hydrogen) atoms. The fourth-order valence-electron chi connectivity index (χ4n) is 2.74. The van der Waals surface area contributed by atoms with Gasteiger partial charge in [0.15, 0.2) is 0 Å². The van der Waals surface area contributed by atoms with E-state index in [0.717, 1.165) is 5.56 Å². The minimum absolute atomic E-state index is 0. The van der Waals surface area contributed by atoms with Crippen LogP contribution in [0.5, 0.6) is 0 Å². The van der Waals surface area contributed by atoms with Crippen LogP contribution in [0.4, 0.5) is 5.69 Å². The number of H-pyrrole nitrogens is 2. The molecule has 0 amide bonds. The van der Waals surface area contributed by atoms with E-state index >= 15 is 0 Å². The molecule has 1 heterocycles. The van der Waals surface area contributed by atoms with Crippen molar-refractivity contribution in [3.8, 4) is 0 Å². The summed E-state index contributed by atoms with van der Waals surface area (Å²) in [5.41, 5.74) is 0.528. The third-order valence-electron chi connectivity index (χ3n) is 3.72. The summed E-state index contributed by atoms with van der Waals surface area (Å²) in [6, 6.07) is 1.40. The molecule has 0 spiro atoms. The third-order valence-corrected chi connectivity index (χ3v) is 3.72. The molecule has 1 aliphatic carbocycles. The molecule has 2 aromatic rings. The Labute approximate surface area is 124 Å². The van der Waals surface area contributed by atoms with Crippen LogP contribution in [-0.4, -0.2) is 28.0 Å². The second-order valence-corrected chi connectivity index (χ2v) is 4.83. The van der Waals surface area contributed by atoms with Crippen LogP contribution in [0.3, 0.4) is 0 Å². The number of aromatic nitrogens is 2. The average Bonchev–Trinajstić information content (AvgIpc) is 2.83. The van der Waals surface area contributed by atoms with Crippen LogP contribution in [0, 0.1) is 10.1 Å². The first kappa shape index (κ1) is 15.2. The minimum atomic E-state index is -0.810. The van der Waals surface area contributed by atoms with Gasteiger partial charge >= 0.3 is 11.1 Å². The van der Waals surface area contributed by atoms with Gasteiger partial charge in [0.2, 0.25) is 0 Å². The van der Waals surface area contributed by atoms with Crippen LogP contribution in [-0.2, 0) is 12.8 Å². The molecule has 112 valence electrons. The Morgan fingerprint density at radius 3 is 2.48 bits per heavy atom. The molecule has 0 fully saturated rings. The van der Waals surface area contributed by atoms with Gasteiger partial charge in [-0.05, 0) is 25.5 Å². The summed E-state index contributed by atoms with van der Waals surface area (Å²) < 4.78 is 0. The van der Waals surface area contributed by atoms with E-state index in [-0.39, 0.29) is 29.7 Å². The highest BCUT2D eigenvalue weighted by molar-refractivity contribution is 5.85. The minimum Gasteiger partial charge on any atom is -0.316 e. The molecule has 1 unspecified atom stereocenters. The fourth-order valence-corrected chi connectivity index (χ4v) is 2.74. The molecule has 0 radical (unpaired) electrons. The molecule has 1 aromatic carbocycles. The molecular formula is C12H13ClN4O4. The summed E-state index contributed by atoms with van der Waals surface area (Å²) >= 11 is 0. The Hall–Kier alpha value is -2.19. The second kappa shape index (κ2) is 5.30. The van der Waals surface area contributed by atoms with E-state index in [0.29, 0.717) is 23.9 Å². The Morgan fingerprint density at radius 1 is 1.24 bits per heavy atom. The zero-order valence-electron chi connectivity index (χ0n) is 11.1. The molecular weight excluding hydrogens is 300 g/mol. The maximum Gasteiger partial charge on any atom is 0.314 e. The number of halogens is 1. The number of nitro benzene ring substituents is 1. The normalized spacial score (nSPS) is 16.5. The van der Waals surface area contributed by atoms with Gasteiger partial charge in [0, 0.05) is 17.7 Å². The smallest absolute Gasteiger partial charge is 0.314 e. The lowest BCUT2D eigenvalue weighted by molar-refractivity contribution is -0.385. The Bertz CT molecular complexity index is 841. The number of likely N-dealkylation sites (N-methyl/N-ethyl adjacent to an activating group) is 1. The van der Waals surface area contributed by atoms with E-state index in [1.54, 1.807) is 7.05 Å². The maximum absolute atomic E-state index is 11.5. The fraction of sp³-hybridized carbons (Fsp3) is 0.333. The monoisotopic (exact) mass is 312 g/mol. The zero-order chi connectivity index (χ0) is 14.4. The number of nitrogens with one attached hydrogen (secondary N) is 3. The van der Waals surface area contributed by atoms with Crippen molar-refractivity contribution in [1.29, 1.82) is 0 Å². The molecule has 0 saturated carbocycles. The van der Waals surface area contributed by atoms with Crippen LogP contribution >= 0.6 is 12.4 Å². The molecule has 1 aliphatic rings. The summed E-state index contributed by atoms with van der Waals surface area (Å²) in [4.78, 5) is 38.4. The molecule has 0 saturated heterocycles. The first-order chi connectivity index (χ1) is 9.51. The van der Waals surface area contributed by atoms with Gasteiger partial charge in [-0.15, -0.1) is 12.4 Å². The Morgan fingerprint density at radius 2 is 1.86 bits per heavy atom. The standard InChI is InChI=1S/C12H12N4O4.ClH/c1-13-5-2-6-7(3-5)10-8(4-9(6)16(19)20)14-11(17)12(18)15-10;/h4-5,13H,2-3H2,1H3,(H,14,17)(H,15,18);1H. The van der Waals surface area contributed by atoms with Gasteiger partial charge in [0.25, 0.3) is 5.69 Å². The van der Waals surface area contributed by atoms with Crippen LogP contribution in [0.2, 0.25) is 0 Å². The van der Waals surface area contributed by atoms with Crippen molar-refractivity contribution in [2.75, 3.05) is 7.05 Å². The molecule has 9 heteroatoms. The van der Waals surface area contributed by atoms with Gasteiger partial charge in [-0.1, -0.05) is 0 Å². The van der Waals surface area contributed by atoms with E-state index in [1.165, 1.54) is 6.07 Å². The largest absolute Gasteiger partial charge is 0.316 e. The second-order valence-electron chi connectivity index (χ2n) is 4.83. The van der Waals surface area contributed by atoms with E-state index in [1.807, 2.05) is 0 Å². The predicted molar refractivity (Wildman–Crippen MR) is 79.3 cm³/mol. The van der Waals surface area contributed by atoms with Crippen molar-refractivity contribution in [1.82, 2.24) is 15.3 Å². The van der Waals surface area contributed by atoms with E-state index < -0.39 is 16.0 Å². The van der Waals surface area contributed by atoms with Crippen molar-refractivity contribution in [2.24, 2.45) is 0 Å². The van der Waals surface area contributed by atoms with Crippen molar-refractivity contribution >= 4 is 29.1 Å². The lowest BCUT2D eigenvalue weighted by Gasteiger charge is -2.05. The lowest BCUT2D eigenvalue weighted by atomic mass is 10.1. The number of benzene rings is 1. The Kier molecular flexibility index (Phi) is 3.84. The summed E-state index contributed by atoms with van der Waals surface area (Å²) in [6.45, 7) is 0. The van der Waals surface area contributed by atoms with E-state index in [2.05, 4.69) is 15.3 Å². The molecule has 1 atom stereocenters. The first-order valence-corrected chi connectivity index (χ1v) is 6.14. The molecule has 0 aliphatic heterocycles. The highest BCUT2D eigenvalue weighted by Crippen LogP contribution is 2.34. The van der Waals surface area contributed by atoms with Crippen molar-refractivity contribution in [2.45, 2.75) is 18.9 Å². The Balaban J connectivity index is 0.00000161. The number of aromatic amines is 2. The van der Waals surface area contributed by atoms with Crippen LogP contribution < -0.4 is 16.4 Å². The van der Waals surface area contributed by atoms with Crippen molar-refractivity contribution in [3.05, 3.63) is 48.0 Å². The summed E-state index contributed by atoms with van der Waals surface area (Å²) in [5.74, 6) is 0. The van der Waals surface area contributed by atoms with Gasteiger partial charge in [0.1, 0.15) is 0 Å². The summed E-state index contributed by atoms with van der Waals surface area (Å²) in [6.07, 6.45) is 1.10. The molecule has 8 nitrogen and oxygen atoms in total. The van der Waals surface area contributed by atoms with Gasteiger partial charge in [-0.3, -0.25) is 19.7 Å². The number of rotatable bonds is 2. The summed E-state index contributed by atoms with van der Waals surface area (Å²) in [5, 5.41) is 14.3. The van der Waals surface area contributed by atoms with E-state index in [4.69, 9.17) is 0 Å². The van der Waals surface area contributed by atoms with Gasteiger partial charge < -0.3 is 15.3 Å². The number of nitro groups is 1. The SMILES string of the molecule is CNC1Cc2c([N+](=O)[O-])cc3[nH]c(=O)c(=O)[nH]c3c2C1.Cl. The van der Waals surface area contributed by atoms with E-state index in [9.17, 15) is 19.7 Å². The van der Waals surface area contributed by atoms with Crippen LogP contribution in [0.1, 0.15) is 11.1 Å². The van der Waals surface area contributed by atoms with Crippen molar-refractivity contribution < 1.29 is 4.92 Å². The number of hydrogen-bond acceptors (Lipinski definition) is 5. The molecule has 3 rings (SSSR count). The number of nitrogens with zero attached hydrogens (tertiary/aromatic N) is 1. The van der Waals surface area contributed by atoms with Crippen molar-refractivity contribution in [3.63, 3.8) is 0 Å². The summed E-state index contributed by atoms with van der Waals surface area (Å²) in [7, 11) is 1.79. The van der Waals surface area contributed by atoms with Gasteiger partial charge in [-0.2, -0.15) is 0 Å². The molecule has 3 N–H and O–H groups in total. The van der Waals surface area contributed by atoms with Gasteiger partial charge in [-0.25, -0.2) is 0 Å². The number of fused-ring (bicyclic) bond motifs is 3. The van der Waals surface area contributed by atoms with Gasteiger partial charge in [0.05, 0.1) is 16.0 Å². The molecule has 0 bridgehead atoms. The topological polar surface area (TPSA) is 121 Å². The number of hydrogen-bond donors (Lipinski definition) is 3. The maximum atomic E-state index is 11.5. The highest BCUT2D eigenvalue weighted by atomic mass is 35.5. The first-order valence-electron chi connectivity index (χ1n) is 6.14. The zero-order valence-corrected chi connectivity index (χ0v) is 11.9. The van der Waals surface area contributed by atoms with Crippen LogP contribution in [0.15, 0.2) is 15.7 Å². The molecule has 1 aromatic heterocycles.